The van der Waals surface area contributed by atoms with Gasteiger partial charge in [-0.25, -0.2) is 8.42 Å². The third-order valence-electron chi connectivity index (χ3n) is 4.11. The van der Waals surface area contributed by atoms with E-state index in [-0.39, 0.29) is 17.4 Å². The molecule has 2 atom stereocenters. The Bertz CT molecular complexity index is 408. The van der Waals surface area contributed by atoms with Gasteiger partial charge in [0.05, 0.1) is 18.1 Å². The van der Waals surface area contributed by atoms with Crippen LogP contribution in [0.2, 0.25) is 0 Å². The Morgan fingerprint density at radius 2 is 1.95 bits per heavy atom. The number of sulfone groups is 1. The second-order valence-corrected chi connectivity index (χ2v) is 8.27. The van der Waals surface area contributed by atoms with Crippen LogP contribution in [0.4, 0.5) is 0 Å². The summed E-state index contributed by atoms with van der Waals surface area (Å²) < 4.78 is 22.6. The number of carbonyl (C=O) groups excluding carboxylic acids is 1. The van der Waals surface area contributed by atoms with Crippen LogP contribution in [0.5, 0.6) is 0 Å². The zero-order valence-electron chi connectivity index (χ0n) is 11.6. The lowest BCUT2D eigenvalue weighted by molar-refractivity contribution is -0.123. The van der Waals surface area contributed by atoms with Crippen molar-refractivity contribution in [2.75, 3.05) is 31.1 Å². The van der Waals surface area contributed by atoms with Crippen LogP contribution >= 0.6 is 0 Å². The summed E-state index contributed by atoms with van der Waals surface area (Å²) in [5.41, 5.74) is 0. The Kier molecular flexibility index (Phi) is 4.84. The second kappa shape index (κ2) is 6.22. The zero-order valence-corrected chi connectivity index (χ0v) is 12.4. The van der Waals surface area contributed by atoms with Crippen LogP contribution in [0.1, 0.15) is 32.6 Å². The van der Waals surface area contributed by atoms with Crippen molar-refractivity contribution in [3.05, 3.63) is 0 Å². The van der Waals surface area contributed by atoms with E-state index >= 15 is 0 Å². The summed E-state index contributed by atoms with van der Waals surface area (Å²) in [6.07, 6.45) is 4.59. The highest BCUT2D eigenvalue weighted by Crippen LogP contribution is 2.23. The fourth-order valence-electron chi connectivity index (χ4n) is 2.95. The van der Waals surface area contributed by atoms with Crippen molar-refractivity contribution in [1.82, 2.24) is 10.2 Å². The molecule has 0 bridgehead atoms. The van der Waals surface area contributed by atoms with E-state index in [1.807, 2.05) is 4.90 Å². The molecule has 2 rings (SSSR count). The first-order chi connectivity index (χ1) is 8.94. The molecule has 1 heterocycles. The van der Waals surface area contributed by atoms with E-state index in [0.717, 1.165) is 12.8 Å². The zero-order chi connectivity index (χ0) is 13.9. The minimum Gasteiger partial charge on any atom is -0.352 e. The van der Waals surface area contributed by atoms with Gasteiger partial charge >= 0.3 is 0 Å². The van der Waals surface area contributed by atoms with Gasteiger partial charge in [-0.05, 0) is 18.8 Å². The first-order valence-electron chi connectivity index (χ1n) is 7.17. The van der Waals surface area contributed by atoms with Crippen LogP contribution in [0, 0.1) is 5.92 Å². The van der Waals surface area contributed by atoms with Crippen LogP contribution in [-0.4, -0.2) is 56.4 Å². The van der Waals surface area contributed by atoms with Crippen molar-refractivity contribution < 1.29 is 13.2 Å². The van der Waals surface area contributed by atoms with Crippen molar-refractivity contribution in [2.45, 2.75) is 38.6 Å². The Hall–Kier alpha value is -0.620. The number of hydrogen-bond donors (Lipinski definition) is 1. The summed E-state index contributed by atoms with van der Waals surface area (Å²) in [4.78, 5) is 13.9. The molecule has 2 aliphatic rings. The molecular weight excluding hydrogens is 264 g/mol. The monoisotopic (exact) mass is 288 g/mol. The average molecular weight is 288 g/mol. The van der Waals surface area contributed by atoms with Crippen LogP contribution in [-0.2, 0) is 14.6 Å². The van der Waals surface area contributed by atoms with Gasteiger partial charge in [-0.2, -0.15) is 0 Å². The van der Waals surface area contributed by atoms with Crippen LogP contribution in [0.3, 0.4) is 0 Å². The smallest absolute Gasteiger partial charge is 0.234 e. The van der Waals surface area contributed by atoms with Gasteiger partial charge in [-0.3, -0.25) is 9.69 Å². The predicted octanol–water partition coefficient (Wildman–Crippen LogP) is 0.412. The Labute approximate surface area is 115 Å². The van der Waals surface area contributed by atoms with Crippen LogP contribution < -0.4 is 5.32 Å². The molecule has 1 N–H and O–H groups in total. The predicted molar refractivity (Wildman–Crippen MR) is 74.7 cm³/mol. The van der Waals surface area contributed by atoms with Crippen molar-refractivity contribution in [1.29, 1.82) is 0 Å². The van der Waals surface area contributed by atoms with Crippen molar-refractivity contribution in [2.24, 2.45) is 5.92 Å². The van der Waals surface area contributed by atoms with Gasteiger partial charge in [-0.1, -0.05) is 19.8 Å². The lowest BCUT2D eigenvalue weighted by Gasteiger charge is -2.30. The highest BCUT2D eigenvalue weighted by Gasteiger charge is 2.25. The highest BCUT2D eigenvalue weighted by molar-refractivity contribution is 7.91. The maximum absolute atomic E-state index is 11.9. The molecular formula is C13H24N2O3S. The molecule has 2 fully saturated rings. The lowest BCUT2D eigenvalue weighted by Crippen LogP contribution is -2.48. The van der Waals surface area contributed by atoms with Crippen LogP contribution in [0.25, 0.3) is 0 Å². The maximum atomic E-state index is 11.9. The summed E-state index contributed by atoms with van der Waals surface area (Å²) in [5.74, 6) is 1.10. The number of nitrogens with zero attached hydrogens (tertiary/aromatic N) is 1. The summed E-state index contributed by atoms with van der Waals surface area (Å²) in [6.45, 7) is 3.53. The van der Waals surface area contributed by atoms with Gasteiger partial charge in [0.2, 0.25) is 5.91 Å². The van der Waals surface area contributed by atoms with Gasteiger partial charge in [0, 0.05) is 19.1 Å². The summed E-state index contributed by atoms with van der Waals surface area (Å²) in [6, 6.07) is 0.310. The fourth-order valence-corrected chi connectivity index (χ4v) is 4.23. The fraction of sp³-hybridized carbons (Fsp3) is 0.923. The minimum absolute atomic E-state index is 0.0402. The van der Waals surface area contributed by atoms with E-state index in [2.05, 4.69) is 12.2 Å². The molecule has 2 unspecified atom stereocenters. The molecule has 0 spiro atoms. The molecule has 19 heavy (non-hydrogen) atoms. The van der Waals surface area contributed by atoms with Crippen molar-refractivity contribution in [3.8, 4) is 0 Å². The third-order valence-corrected chi connectivity index (χ3v) is 5.71. The first-order valence-corrected chi connectivity index (χ1v) is 8.99. The number of amides is 1. The van der Waals surface area contributed by atoms with Crippen molar-refractivity contribution in [3.63, 3.8) is 0 Å². The minimum atomic E-state index is -2.86. The van der Waals surface area contributed by atoms with E-state index in [9.17, 15) is 13.2 Å². The van der Waals surface area contributed by atoms with Gasteiger partial charge in [0.15, 0.2) is 9.84 Å². The van der Waals surface area contributed by atoms with E-state index < -0.39 is 9.84 Å². The summed E-state index contributed by atoms with van der Waals surface area (Å²) >= 11 is 0. The number of rotatable bonds is 3. The molecule has 1 aliphatic heterocycles. The van der Waals surface area contributed by atoms with Crippen LogP contribution in [0.15, 0.2) is 0 Å². The van der Waals surface area contributed by atoms with Gasteiger partial charge in [0.25, 0.3) is 0 Å². The number of hydrogen-bond acceptors (Lipinski definition) is 4. The van der Waals surface area contributed by atoms with Crippen molar-refractivity contribution >= 4 is 15.7 Å². The lowest BCUT2D eigenvalue weighted by atomic mass is 9.87. The molecule has 6 heteroatoms. The number of nitrogens with one attached hydrogen (secondary N) is 1. The summed E-state index contributed by atoms with van der Waals surface area (Å²) in [7, 11) is -2.86. The van der Waals surface area contributed by atoms with E-state index in [1.54, 1.807) is 0 Å². The number of carbonyl (C=O) groups is 1. The first kappa shape index (κ1) is 14.8. The van der Waals surface area contributed by atoms with Gasteiger partial charge < -0.3 is 5.32 Å². The van der Waals surface area contributed by atoms with E-state index in [4.69, 9.17) is 0 Å². The topological polar surface area (TPSA) is 66.5 Å². The molecule has 1 saturated carbocycles. The largest absolute Gasteiger partial charge is 0.352 e. The van der Waals surface area contributed by atoms with E-state index in [0.29, 0.717) is 31.6 Å². The Balaban J connectivity index is 1.72. The molecule has 1 amide bonds. The molecule has 0 radical (unpaired) electrons. The van der Waals surface area contributed by atoms with Gasteiger partial charge in [0.1, 0.15) is 0 Å². The maximum Gasteiger partial charge on any atom is 0.234 e. The standard InChI is InChI=1S/C13H24N2O3S/c1-11-3-2-4-12(9-11)14-13(16)10-15-5-7-19(17,18)8-6-15/h11-12H,2-10H2,1H3,(H,14,16). The van der Waals surface area contributed by atoms with E-state index in [1.165, 1.54) is 12.8 Å². The molecule has 0 aromatic heterocycles. The second-order valence-electron chi connectivity index (χ2n) is 5.96. The quantitative estimate of drug-likeness (QED) is 0.817. The molecule has 0 aromatic rings. The summed E-state index contributed by atoms with van der Waals surface area (Å²) in [5, 5.41) is 3.09. The molecule has 5 nitrogen and oxygen atoms in total. The van der Waals surface area contributed by atoms with Gasteiger partial charge in [-0.15, -0.1) is 0 Å². The third kappa shape index (κ3) is 4.76. The Morgan fingerprint density at radius 3 is 2.58 bits per heavy atom. The molecule has 1 aliphatic carbocycles. The molecule has 110 valence electrons. The Morgan fingerprint density at radius 1 is 1.26 bits per heavy atom. The molecule has 1 saturated heterocycles. The SMILES string of the molecule is CC1CCCC(NC(=O)CN2CCS(=O)(=O)CC2)C1. The molecule has 0 aromatic carbocycles. The average Bonchev–Trinajstić information content (AvgIpc) is 2.32. The highest BCUT2D eigenvalue weighted by atomic mass is 32.2. The normalized spacial score (nSPS) is 31.8.